The van der Waals surface area contributed by atoms with Crippen LogP contribution >= 0.6 is 0 Å². The normalized spacial score (nSPS) is 13.6. The number of rotatable bonds is 5. The van der Waals surface area contributed by atoms with Crippen LogP contribution in [-0.4, -0.2) is 44.0 Å². The Balaban J connectivity index is 2.83. The molecule has 18 heavy (non-hydrogen) atoms. The van der Waals surface area contributed by atoms with Crippen molar-refractivity contribution >= 4 is 16.0 Å². The van der Waals surface area contributed by atoms with Crippen molar-refractivity contribution in [3.63, 3.8) is 0 Å². The lowest BCUT2D eigenvalue weighted by atomic mass is 10.2. The van der Waals surface area contributed by atoms with Crippen LogP contribution in [-0.2, 0) is 26.6 Å². The first-order valence-corrected chi connectivity index (χ1v) is 6.89. The molecule has 1 aromatic rings. The first kappa shape index (κ1) is 14.7. The molecule has 0 aliphatic rings. The van der Waals surface area contributed by atoms with Crippen molar-refractivity contribution in [2.75, 3.05) is 20.7 Å². The van der Waals surface area contributed by atoms with E-state index in [-0.39, 0.29) is 11.4 Å². The van der Waals surface area contributed by atoms with Crippen LogP contribution < -0.4 is 0 Å². The molecule has 1 unspecified atom stereocenters. The summed E-state index contributed by atoms with van der Waals surface area (Å²) in [5.74, 6) is -0.927. The highest BCUT2D eigenvalue weighted by molar-refractivity contribution is 7.89. The first-order valence-electron chi connectivity index (χ1n) is 5.45. The summed E-state index contributed by atoms with van der Waals surface area (Å²) >= 11 is 0. The molecule has 0 aliphatic carbocycles. The summed E-state index contributed by atoms with van der Waals surface area (Å²) in [7, 11) is 0.924. The van der Waals surface area contributed by atoms with E-state index in [0.29, 0.717) is 0 Å². The zero-order chi connectivity index (χ0) is 13.9. The SMILES string of the molecule is COC(=O)C(C)CN(C)S(=O)(=O)c1ccn(C)c1. The maximum atomic E-state index is 12.2. The smallest absolute Gasteiger partial charge is 0.309 e. The number of nitrogens with zero attached hydrogens (tertiary/aromatic N) is 2. The third-order valence-electron chi connectivity index (χ3n) is 2.65. The number of aryl methyl sites for hydroxylation is 1. The Morgan fingerprint density at radius 2 is 2.17 bits per heavy atom. The van der Waals surface area contributed by atoms with Crippen LogP contribution in [0, 0.1) is 5.92 Å². The third kappa shape index (κ3) is 3.11. The van der Waals surface area contributed by atoms with Gasteiger partial charge in [0.1, 0.15) is 0 Å². The second-order valence-electron chi connectivity index (χ2n) is 4.22. The number of methoxy groups -OCH3 is 1. The van der Waals surface area contributed by atoms with Gasteiger partial charge in [0.15, 0.2) is 0 Å². The van der Waals surface area contributed by atoms with Crippen molar-refractivity contribution in [1.29, 1.82) is 0 Å². The van der Waals surface area contributed by atoms with E-state index in [2.05, 4.69) is 4.74 Å². The molecule has 0 amide bonds. The monoisotopic (exact) mass is 274 g/mol. The van der Waals surface area contributed by atoms with Crippen LogP contribution in [0.3, 0.4) is 0 Å². The average Bonchev–Trinajstić information content (AvgIpc) is 2.75. The Kier molecular flexibility index (Phi) is 4.53. The molecule has 1 heterocycles. The fourth-order valence-corrected chi connectivity index (χ4v) is 2.88. The highest BCUT2D eigenvalue weighted by atomic mass is 32.2. The number of ether oxygens (including phenoxy) is 1. The van der Waals surface area contributed by atoms with Gasteiger partial charge >= 0.3 is 5.97 Å². The quantitative estimate of drug-likeness (QED) is 0.731. The lowest BCUT2D eigenvalue weighted by Gasteiger charge is -2.19. The highest BCUT2D eigenvalue weighted by Gasteiger charge is 2.25. The molecule has 0 aliphatic heterocycles. The average molecular weight is 274 g/mol. The molecule has 0 bridgehead atoms. The van der Waals surface area contributed by atoms with Gasteiger partial charge in [0.25, 0.3) is 0 Å². The zero-order valence-electron chi connectivity index (χ0n) is 11.0. The Labute approximate surface area is 107 Å². The van der Waals surface area contributed by atoms with Crippen molar-refractivity contribution in [1.82, 2.24) is 8.87 Å². The van der Waals surface area contributed by atoms with Crippen molar-refractivity contribution < 1.29 is 17.9 Å². The van der Waals surface area contributed by atoms with Gasteiger partial charge in [0.2, 0.25) is 10.0 Å². The number of sulfonamides is 1. The zero-order valence-corrected chi connectivity index (χ0v) is 11.8. The molecular formula is C11H18N2O4S. The van der Waals surface area contributed by atoms with Gasteiger partial charge in [-0.1, -0.05) is 6.92 Å². The Hall–Kier alpha value is -1.34. The number of hydrogen-bond acceptors (Lipinski definition) is 4. The first-order chi connectivity index (χ1) is 8.28. The minimum Gasteiger partial charge on any atom is -0.469 e. The second-order valence-corrected chi connectivity index (χ2v) is 6.27. The van der Waals surface area contributed by atoms with Crippen molar-refractivity contribution in [3.05, 3.63) is 18.5 Å². The molecule has 1 atom stereocenters. The van der Waals surface area contributed by atoms with E-state index in [1.807, 2.05) is 0 Å². The molecule has 0 aromatic carbocycles. The standard InChI is InChI=1S/C11H18N2O4S/c1-9(11(14)17-4)7-13(3)18(15,16)10-5-6-12(2)8-10/h5-6,8-9H,7H2,1-4H3. The maximum absolute atomic E-state index is 12.2. The van der Waals surface area contributed by atoms with E-state index in [1.54, 1.807) is 24.7 Å². The van der Waals surface area contributed by atoms with E-state index >= 15 is 0 Å². The summed E-state index contributed by atoms with van der Waals surface area (Å²) in [5, 5.41) is 0. The molecule has 1 rings (SSSR count). The van der Waals surface area contributed by atoms with E-state index in [9.17, 15) is 13.2 Å². The number of carbonyl (C=O) groups excluding carboxylic acids is 1. The van der Waals surface area contributed by atoms with Crippen LogP contribution in [0.2, 0.25) is 0 Å². The fraction of sp³-hybridized carbons (Fsp3) is 0.545. The summed E-state index contributed by atoms with van der Waals surface area (Å²) in [6.45, 7) is 1.72. The third-order valence-corrected chi connectivity index (χ3v) is 4.45. The molecule has 7 heteroatoms. The predicted octanol–water partition coefficient (Wildman–Crippen LogP) is 0.455. The molecule has 1 aromatic heterocycles. The molecule has 0 radical (unpaired) electrons. The molecule has 102 valence electrons. The summed E-state index contributed by atoms with van der Waals surface area (Å²) in [5.41, 5.74) is 0. The number of carbonyl (C=O) groups is 1. The molecule has 0 N–H and O–H groups in total. The van der Waals surface area contributed by atoms with E-state index in [4.69, 9.17) is 0 Å². The van der Waals surface area contributed by atoms with Gasteiger partial charge in [-0.25, -0.2) is 12.7 Å². The van der Waals surface area contributed by atoms with E-state index < -0.39 is 21.9 Å². The van der Waals surface area contributed by atoms with Crippen molar-refractivity contribution in [3.8, 4) is 0 Å². The van der Waals surface area contributed by atoms with Gasteiger partial charge in [-0.2, -0.15) is 0 Å². The largest absolute Gasteiger partial charge is 0.469 e. The highest BCUT2D eigenvalue weighted by Crippen LogP contribution is 2.15. The van der Waals surface area contributed by atoms with Crippen LogP contribution in [0.1, 0.15) is 6.92 Å². The lowest BCUT2D eigenvalue weighted by molar-refractivity contribution is -0.144. The fourth-order valence-electron chi connectivity index (χ4n) is 1.57. The van der Waals surface area contributed by atoms with E-state index in [0.717, 1.165) is 4.31 Å². The van der Waals surface area contributed by atoms with E-state index in [1.165, 1.54) is 26.4 Å². The summed E-state index contributed by atoms with van der Waals surface area (Å²) in [4.78, 5) is 11.5. The predicted molar refractivity (Wildman–Crippen MR) is 66.4 cm³/mol. The van der Waals surface area contributed by atoms with Crippen LogP contribution in [0.25, 0.3) is 0 Å². The van der Waals surface area contributed by atoms with Gasteiger partial charge in [0, 0.05) is 33.0 Å². The summed E-state index contributed by atoms with van der Waals surface area (Å²) < 4.78 is 31.7. The Morgan fingerprint density at radius 3 is 2.61 bits per heavy atom. The molecule has 0 saturated carbocycles. The Morgan fingerprint density at radius 1 is 1.56 bits per heavy atom. The van der Waals surface area contributed by atoms with Crippen LogP contribution in [0.4, 0.5) is 0 Å². The topological polar surface area (TPSA) is 68.6 Å². The maximum Gasteiger partial charge on any atom is 0.309 e. The van der Waals surface area contributed by atoms with Gasteiger partial charge in [-0.3, -0.25) is 4.79 Å². The molecule has 6 nitrogen and oxygen atoms in total. The van der Waals surface area contributed by atoms with Gasteiger partial charge < -0.3 is 9.30 Å². The molecular weight excluding hydrogens is 256 g/mol. The Bertz CT molecular complexity index is 521. The van der Waals surface area contributed by atoms with Crippen LogP contribution in [0.15, 0.2) is 23.4 Å². The summed E-state index contributed by atoms with van der Waals surface area (Å²) in [6.07, 6.45) is 3.18. The van der Waals surface area contributed by atoms with Crippen LogP contribution in [0.5, 0.6) is 0 Å². The molecule has 0 saturated heterocycles. The molecule has 0 fully saturated rings. The van der Waals surface area contributed by atoms with Crippen molar-refractivity contribution in [2.45, 2.75) is 11.8 Å². The number of esters is 1. The minimum atomic E-state index is -3.55. The van der Waals surface area contributed by atoms with Gasteiger partial charge in [0.05, 0.1) is 17.9 Å². The van der Waals surface area contributed by atoms with Crippen molar-refractivity contribution in [2.24, 2.45) is 13.0 Å². The molecule has 0 spiro atoms. The van der Waals surface area contributed by atoms with Gasteiger partial charge in [-0.05, 0) is 6.07 Å². The summed E-state index contributed by atoms with van der Waals surface area (Å²) in [6, 6.07) is 1.52. The minimum absolute atomic E-state index is 0.0872. The number of aromatic nitrogens is 1. The second kappa shape index (κ2) is 5.53. The number of hydrogen-bond donors (Lipinski definition) is 0. The van der Waals surface area contributed by atoms with Gasteiger partial charge in [-0.15, -0.1) is 0 Å². The lowest BCUT2D eigenvalue weighted by Crippen LogP contribution is -2.34.